The number of rotatable bonds is 6. The highest BCUT2D eigenvalue weighted by atomic mass is 16.5. The SMILES string of the molecule is C=C(C)C[C@H]1N(CCc2ccccc2)C(=O)[C@H]2[C@@H](C(=O)[O-])[C@H]3C=C[C@]21O3. The third-order valence-electron chi connectivity index (χ3n) is 5.83. The van der Waals surface area contributed by atoms with Crippen LogP contribution in [0.4, 0.5) is 0 Å². The zero-order valence-electron chi connectivity index (χ0n) is 14.8. The summed E-state index contributed by atoms with van der Waals surface area (Å²) in [4.78, 5) is 26.7. The number of benzene rings is 1. The van der Waals surface area contributed by atoms with Gasteiger partial charge in [-0.05, 0) is 25.3 Å². The Morgan fingerprint density at radius 3 is 2.73 bits per heavy atom. The molecule has 0 aliphatic carbocycles. The van der Waals surface area contributed by atoms with Crippen LogP contribution in [0.15, 0.2) is 54.6 Å². The van der Waals surface area contributed by atoms with Crippen LogP contribution < -0.4 is 5.11 Å². The van der Waals surface area contributed by atoms with E-state index in [0.29, 0.717) is 19.4 Å². The Kier molecular flexibility index (Phi) is 3.99. The molecule has 1 aromatic rings. The summed E-state index contributed by atoms with van der Waals surface area (Å²) in [7, 11) is 0. The van der Waals surface area contributed by atoms with Crippen molar-refractivity contribution in [3.05, 3.63) is 60.2 Å². The summed E-state index contributed by atoms with van der Waals surface area (Å²) >= 11 is 0. The van der Waals surface area contributed by atoms with E-state index in [2.05, 4.69) is 6.58 Å². The molecular formula is C21H22NO4-. The van der Waals surface area contributed by atoms with Gasteiger partial charge in [0.2, 0.25) is 5.91 Å². The molecule has 0 radical (unpaired) electrons. The van der Waals surface area contributed by atoms with Crippen molar-refractivity contribution in [3.8, 4) is 0 Å². The number of nitrogens with zero attached hydrogens (tertiary/aromatic N) is 1. The summed E-state index contributed by atoms with van der Waals surface area (Å²) < 4.78 is 6.09. The van der Waals surface area contributed by atoms with Gasteiger partial charge in [-0.1, -0.05) is 48.1 Å². The Balaban J connectivity index is 1.65. The van der Waals surface area contributed by atoms with Gasteiger partial charge in [-0.15, -0.1) is 6.58 Å². The summed E-state index contributed by atoms with van der Waals surface area (Å²) in [5, 5.41) is 11.7. The average molecular weight is 352 g/mol. The van der Waals surface area contributed by atoms with Crippen LogP contribution in [0.1, 0.15) is 18.9 Å². The van der Waals surface area contributed by atoms with E-state index >= 15 is 0 Å². The fraction of sp³-hybridized carbons (Fsp3) is 0.429. The van der Waals surface area contributed by atoms with E-state index in [1.165, 1.54) is 0 Å². The number of carbonyl (C=O) groups excluding carboxylic acids is 2. The molecule has 0 saturated carbocycles. The van der Waals surface area contributed by atoms with E-state index < -0.39 is 29.5 Å². The Morgan fingerprint density at radius 2 is 2.08 bits per heavy atom. The molecule has 5 atom stereocenters. The highest BCUT2D eigenvalue weighted by Gasteiger charge is 2.69. The summed E-state index contributed by atoms with van der Waals surface area (Å²) in [5.41, 5.74) is 1.21. The molecule has 1 amide bonds. The van der Waals surface area contributed by atoms with Gasteiger partial charge in [-0.25, -0.2) is 0 Å². The second-order valence-electron chi connectivity index (χ2n) is 7.56. The molecule has 26 heavy (non-hydrogen) atoms. The van der Waals surface area contributed by atoms with Crippen molar-refractivity contribution in [3.63, 3.8) is 0 Å². The van der Waals surface area contributed by atoms with Gasteiger partial charge in [0.15, 0.2) is 0 Å². The van der Waals surface area contributed by atoms with Crippen LogP contribution in [0.25, 0.3) is 0 Å². The van der Waals surface area contributed by atoms with Crippen LogP contribution in [0.2, 0.25) is 0 Å². The molecule has 1 spiro atoms. The number of carbonyl (C=O) groups is 2. The molecule has 3 heterocycles. The molecule has 5 nitrogen and oxygen atoms in total. The van der Waals surface area contributed by atoms with Gasteiger partial charge in [0.1, 0.15) is 5.60 Å². The van der Waals surface area contributed by atoms with Crippen LogP contribution in [0.3, 0.4) is 0 Å². The minimum absolute atomic E-state index is 0.145. The van der Waals surface area contributed by atoms with Gasteiger partial charge in [-0.3, -0.25) is 4.79 Å². The molecule has 1 aromatic carbocycles. The quantitative estimate of drug-likeness (QED) is 0.719. The fourth-order valence-corrected chi connectivity index (χ4v) is 4.75. The molecule has 3 aliphatic rings. The molecule has 3 aliphatic heterocycles. The lowest BCUT2D eigenvalue weighted by atomic mass is 9.74. The first-order chi connectivity index (χ1) is 12.4. The zero-order chi connectivity index (χ0) is 18.5. The van der Waals surface area contributed by atoms with E-state index in [4.69, 9.17) is 4.74 Å². The van der Waals surface area contributed by atoms with E-state index in [1.807, 2.05) is 43.3 Å². The second kappa shape index (κ2) is 6.09. The highest BCUT2D eigenvalue weighted by Crippen LogP contribution is 2.55. The molecule has 136 valence electrons. The van der Waals surface area contributed by atoms with Gasteiger partial charge in [0.25, 0.3) is 0 Å². The predicted molar refractivity (Wildman–Crippen MR) is 93.8 cm³/mol. The number of carboxylic acid groups (broad SMARTS) is 1. The van der Waals surface area contributed by atoms with Crippen molar-refractivity contribution in [1.29, 1.82) is 0 Å². The first kappa shape index (κ1) is 17.0. The molecule has 4 rings (SSSR count). The van der Waals surface area contributed by atoms with Gasteiger partial charge in [-0.2, -0.15) is 0 Å². The molecule has 0 aromatic heterocycles. The Labute approximate surface area is 152 Å². The number of ether oxygens (including phenoxy) is 1. The summed E-state index contributed by atoms with van der Waals surface area (Å²) in [6.45, 7) is 6.45. The molecule has 2 bridgehead atoms. The Bertz CT molecular complexity index is 786. The number of carboxylic acids is 1. The fourth-order valence-electron chi connectivity index (χ4n) is 4.75. The van der Waals surface area contributed by atoms with Gasteiger partial charge in [0, 0.05) is 18.4 Å². The van der Waals surface area contributed by atoms with Gasteiger partial charge in [0.05, 0.1) is 18.1 Å². The predicted octanol–water partition coefficient (Wildman–Crippen LogP) is 1.10. The van der Waals surface area contributed by atoms with Crippen molar-refractivity contribution in [1.82, 2.24) is 4.90 Å². The maximum atomic E-state index is 13.2. The number of likely N-dealkylation sites (tertiary alicyclic amines) is 1. The lowest BCUT2D eigenvalue weighted by Crippen LogP contribution is -2.46. The maximum absolute atomic E-state index is 13.2. The molecular weight excluding hydrogens is 330 g/mol. The third-order valence-corrected chi connectivity index (χ3v) is 5.83. The van der Waals surface area contributed by atoms with Crippen LogP contribution in [0.5, 0.6) is 0 Å². The summed E-state index contributed by atoms with van der Waals surface area (Å²) in [6, 6.07) is 9.73. The molecule has 2 fully saturated rings. The molecule has 0 N–H and O–H groups in total. The number of hydrogen-bond donors (Lipinski definition) is 0. The summed E-state index contributed by atoms with van der Waals surface area (Å²) in [6.07, 6.45) is 4.41. The van der Waals surface area contributed by atoms with Crippen molar-refractivity contribution in [2.24, 2.45) is 11.8 Å². The zero-order valence-corrected chi connectivity index (χ0v) is 14.8. The first-order valence-corrected chi connectivity index (χ1v) is 9.01. The van der Waals surface area contributed by atoms with Gasteiger partial charge >= 0.3 is 0 Å². The minimum atomic E-state index is -1.21. The van der Waals surface area contributed by atoms with E-state index in [9.17, 15) is 14.7 Å². The average Bonchev–Trinajstić information content (AvgIpc) is 3.24. The summed E-state index contributed by atoms with van der Waals surface area (Å²) in [5.74, 6) is -2.98. The van der Waals surface area contributed by atoms with Crippen molar-refractivity contribution in [2.45, 2.75) is 37.5 Å². The van der Waals surface area contributed by atoms with E-state index in [1.54, 1.807) is 11.0 Å². The number of aliphatic carboxylic acids is 1. The van der Waals surface area contributed by atoms with Crippen LogP contribution in [-0.2, 0) is 20.7 Å². The third kappa shape index (κ3) is 2.42. The first-order valence-electron chi connectivity index (χ1n) is 9.01. The van der Waals surface area contributed by atoms with Crippen LogP contribution >= 0.6 is 0 Å². The lowest BCUT2D eigenvalue weighted by Gasteiger charge is -2.33. The molecule has 0 unspecified atom stereocenters. The Morgan fingerprint density at radius 1 is 1.35 bits per heavy atom. The smallest absolute Gasteiger partial charge is 0.230 e. The number of hydrogen-bond acceptors (Lipinski definition) is 4. The monoisotopic (exact) mass is 352 g/mol. The minimum Gasteiger partial charge on any atom is -0.550 e. The van der Waals surface area contributed by atoms with Crippen molar-refractivity contribution in [2.75, 3.05) is 6.54 Å². The standard InChI is InChI=1S/C21H23NO4/c1-13(2)12-16-21-10-8-15(26-21)17(20(24)25)18(21)19(23)22(16)11-9-14-6-4-3-5-7-14/h3-8,10,15-18H,1,9,11-12H2,2H3,(H,24,25)/p-1/t15-,16-,17+,18-,21-/m1/s1. The van der Waals surface area contributed by atoms with E-state index in [-0.39, 0.29) is 11.9 Å². The second-order valence-corrected chi connectivity index (χ2v) is 7.56. The van der Waals surface area contributed by atoms with Crippen molar-refractivity contribution >= 4 is 11.9 Å². The van der Waals surface area contributed by atoms with E-state index in [0.717, 1.165) is 11.1 Å². The van der Waals surface area contributed by atoms with Crippen molar-refractivity contribution < 1.29 is 19.4 Å². The number of amides is 1. The Hall–Kier alpha value is -2.40. The highest BCUT2D eigenvalue weighted by molar-refractivity contribution is 5.91. The van der Waals surface area contributed by atoms with Crippen LogP contribution in [-0.4, -0.2) is 41.1 Å². The number of fused-ring (bicyclic) bond motifs is 1. The molecule has 2 saturated heterocycles. The lowest BCUT2D eigenvalue weighted by molar-refractivity contribution is -0.313. The van der Waals surface area contributed by atoms with Crippen LogP contribution in [0, 0.1) is 11.8 Å². The topological polar surface area (TPSA) is 69.7 Å². The molecule has 5 heteroatoms. The maximum Gasteiger partial charge on any atom is 0.230 e. The van der Waals surface area contributed by atoms with Gasteiger partial charge < -0.3 is 19.5 Å². The normalized spacial score (nSPS) is 34.3. The largest absolute Gasteiger partial charge is 0.550 e.